The van der Waals surface area contributed by atoms with Gasteiger partial charge in [-0.25, -0.2) is 0 Å². The monoisotopic (exact) mass is 387 g/mol. The highest BCUT2D eigenvalue weighted by Gasteiger charge is 2.35. The Hall–Kier alpha value is -2.37. The van der Waals surface area contributed by atoms with Crippen molar-refractivity contribution in [3.05, 3.63) is 64.0 Å². The van der Waals surface area contributed by atoms with Crippen molar-refractivity contribution in [3.8, 4) is 11.4 Å². The molecule has 3 aromatic rings. The maximum absolute atomic E-state index is 12.5. The molecule has 132 valence electrons. The molecule has 0 radical (unpaired) electrons. The average Bonchev–Trinajstić information content (AvgIpc) is 3.24. The minimum Gasteiger partial charge on any atom is -0.339 e. The van der Waals surface area contributed by atoms with Gasteiger partial charge in [0.05, 0.1) is 5.92 Å². The predicted octanol–water partition coefficient (Wildman–Crippen LogP) is 4.87. The smallest absolute Gasteiger partial charge is 0.232 e. The molecule has 1 saturated heterocycles. The van der Waals surface area contributed by atoms with Gasteiger partial charge in [0.15, 0.2) is 0 Å². The standard InChI is InChI=1S/C19H15Cl2N3O2/c1-11-5-6-15(9-16(11)21)24-10-13(8-17(24)25)19-22-18(23-26-19)12-3-2-4-14(20)7-12/h2-7,9,13H,8,10H2,1H3. The number of anilines is 1. The summed E-state index contributed by atoms with van der Waals surface area (Å²) in [6.45, 7) is 2.41. The zero-order valence-corrected chi connectivity index (χ0v) is 15.5. The summed E-state index contributed by atoms with van der Waals surface area (Å²) in [5.74, 6) is 0.779. The fraction of sp³-hybridized carbons (Fsp3) is 0.211. The Labute approximate surface area is 160 Å². The molecule has 0 N–H and O–H groups in total. The third kappa shape index (κ3) is 3.20. The number of halogens is 2. The van der Waals surface area contributed by atoms with E-state index in [-0.39, 0.29) is 11.8 Å². The molecule has 1 aliphatic rings. The molecule has 1 unspecified atom stereocenters. The second-order valence-electron chi connectivity index (χ2n) is 6.31. The summed E-state index contributed by atoms with van der Waals surface area (Å²) in [6, 6.07) is 12.9. The van der Waals surface area contributed by atoms with Crippen LogP contribution in [0, 0.1) is 6.92 Å². The minimum atomic E-state index is -0.150. The number of aromatic nitrogens is 2. The molecule has 0 saturated carbocycles. The van der Waals surface area contributed by atoms with Gasteiger partial charge in [-0.1, -0.05) is 46.6 Å². The van der Waals surface area contributed by atoms with E-state index >= 15 is 0 Å². The van der Waals surface area contributed by atoms with Gasteiger partial charge in [-0.3, -0.25) is 4.79 Å². The molecule has 26 heavy (non-hydrogen) atoms. The minimum absolute atomic E-state index is 0.0115. The Kier molecular flexibility index (Phi) is 4.42. The highest BCUT2D eigenvalue weighted by atomic mass is 35.5. The van der Waals surface area contributed by atoms with Gasteiger partial charge >= 0.3 is 0 Å². The third-order valence-corrected chi connectivity index (χ3v) is 5.11. The van der Waals surface area contributed by atoms with Crippen LogP contribution in [0.3, 0.4) is 0 Å². The van der Waals surface area contributed by atoms with Gasteiger partial charge in [-0.2, -0.15) is 4.98 Å². The second-order valence-corrected chi connectivity index (χ2v) is 7.15. The highest BCUT2D eigenvalue weighted by Crippen LogP contribution is 2.33. The van der Waals surface area contributed by atoms with Crippen LogP contribution in [0.2, 0.25) is 10.0 Å². The quantitative estimate of drug-likeness (QED) is 0.642. The lowest BCUT2D eigenvalue weighted by molar-refractivity contribution is -0.117. The molecule has 0 aliphatic carbocycles. The van der Waals surface area contributed by atoms with Crippen LogP contribution in [0.4, 0.5) is 5.69 Å². The molecule has 2 aromatic carbocycles. The van der Waals surface area contributed by atoms with Crippen LogP contribution in [-0.2, 0) is 4.79 Å². The number of hydrogen-bond donors (Lipinski definition) is 0. The van der Waals surface area contributed by atoms with Gasteiger partial charge in [0.2, 0.25) is 17.6 Å². The Morgan fingerprint density at radius 3 is 2.81 bits per heavy atom. The normalized spacial score (nSPS) is 17.1. The number of hydrogen-bond acceptors (Lipinski definition) is 4. The third-order valence-electron chi connectivity index (χ3n) is 4.47. The molecule has 4 rings (SSSR count). The lowest BCUT2D eigenvalue weighted by Crippen LogP contribution is -2.24. The Balaban J connectivity index is 1.56. The fourth-order valence-corrected chi connectivity index (χ4v) is 3.38. The molecule has 1 amide bonds. The fourth-order valence-electron chi connectivity index (χ4n) is 3.02. The first-order valence-electron chi connectivity index (χ1n) is 8.17. The first-order chi connectivity index (χ1) is 12.5. The van der Waals surface area contributed by atoms with Crippen molar-refractivity contribution in [2.75, 3.05) is 11.4 Å². The number of nitrogens with zero attached hydrogens (tertiary/aromatic N) is 3. The van der Waals surface area contributed by atoms with E-state index in [9.17, 15) is 4.79 Å². The molecule has 0 bridgehead atoms. The summed E-state index contributed by atoms with van der Waals surface area (Å²) in [7, 11) is 0. The van der Waals surface area contributed by atoms with E-state index in [2.05, 4.69) is 10.1 Å². The maximum atomic E-state index is 12.5. The number of carbonyl (C=O) groups is 1. The van der Waals surface area contributed by atoms with Gasteiger partial charge < -0.3 is 9.42 Å². The second kappa shape index (κ2) is 6.74. The van der Waals surface area contributed by atoms with Gasteiger partial charge in [-0.05, 0) is 36.8 Å². The molecular formula is C19H15Cl2N3O2. The van der Waals surface area contributed by atoms with Crippen LogP contribution >= 0.6 is 23.2 Å². The van der Waals surface area contributed by atoms with Gasteiger partial charge in [-0.15, -0.1) is 0 Å². The molecule has 5 nitrogen and oxygen atoms in total. The summed E-state index contributed by atoms with van der Waals surface area (Å²) in [4.78, 5) is 18.6. The van der Waals surface area contributed by atoms with Crippen molar-refractivity contribution >= 4 is 34.8 Å². The zero-order chi connectivity index (χ0) is 18.3. The number of carbonyl (C=O) groups excluding carboxylic acids is 1. The lowest BCUT2D eigenvalue weighted by Gasteiger charge is -2.17. The van der Waals surface area contributed by atoms with Crippen molar-refractivity contribution < 1.29 is 9.32 Å². The molecule has 1 atom stereocenters. The summed E-state index contributed by atoms with van der Waals surface area (Å²) < 4.78 is 5.41. The number of aryl methyl sites for hydroxylation is 1. The van der Waals surface area contributed by atoms with Crippen LogP contribution in [0.5, 0.6) is 0 Å². The molecule has 1 aliphatic heterocycles. The van der Waals surface area contributed by atoms with Crippen LogP contribution in [0.1, 0.15) is 23.8 Å². The van der Waals surface area contributed by atoms with Crippen LogP contribution in [-0.4, -0.2) is 22.6 Å². The zero-order valence-electron chi connectivity index (χ0n) is 13.9. The van der Waals surface area contributed by atoms with Crippen LogP contribution < -0.4 is 4.90 Å². The van der Waals surface area contributed by atoms with Crippen molar-refractivity contribution in [2.24, 2.45) is 0 Å². The van der Waals surface area contributed by atoms with Crippen molar-refractivity contribution in [1.29, 1.82) is 0 Å². The van der Waals surface area contributed by atoms with E-state index in [1.165, 1.54) is 0 Å². The Morgan fingerprint density at radius 2 is 2.04 bits per heavy atom. The Bertz CT molecular complexity index is 986. The summed E-state index contributed by atoms with van der Waals surface area (Å²) in [5, 5.41) is 5.27. The SMILES string of the molecule is Cc1ccc(N2CC(c3nc(-c4cccc(Cl)c4)no3)CC2=O)cc1Cl. The van der Waals surface area contributed by atoms with E-state index in [1.807, 2.05) is 37.3 Å². The number of rotatable bonds is 3. The molecule has 2 heterocycles. The maximum Gasteiger partial charge on any atom is 0.232 e. The average molecular weight is 388 g/mol. The number of amides is 1. The van der Waals surface area contributed by atoms with Gasteiger partial charge in [0.1, 0.15) is 0 Å². The Morgan fingerprint density at radius 1 is 1.19 bits per heavy atom. The molecule has 1 fully saturated rings. The van der Waals surface area contributed by atoms with Crippen molar-refractivity contribution in [1.82, 2.24) is 10.1 Å². The van der Waals surface area contributed by atoms with Gasteiger partial charge in [0.25, 0.3) is 0 Å². The molecular weight excluding hydrogens is 373 g/mol. The van der Waals surface area contributed by atoms with E-state index in [0.29, 0.717) is 34.7 Å². The predicted molar refractivity (Wildman–Crippen MR) is 101 cm³/mol. The van der Waals surface area contributed by atoms with Crippen LogP contribution in [0.15, 0.2) is 47.0 Å². The van der Waals surface area contributed by atoms with E-state index in [1.54, 1.807) is 17.0 Å². The number of benzene rings is 2. The van der Waals surface area contributed by atoms with E-state index in [4.69, 9.17) is 27.7 Å². The summed E-state index contributed by atoms with van der Waals surface area (Å²) >= 11 is 12.2. The van der Waals surface area contributed by atoms with E-state index < -0.39 is 0 Å². The van der Waals surface area contributed by atoms with E-state index in [0.717, 1.165) is 16.8 Å². The molecule has 1 aromatic heterocycles. The first kappa shape index (κ1) is 17.1. The summed E-state index contributed by atoms with van der Waals surface area (Å²) in [5.41, 5.74) is 2.53. The largest absolute Gasteiger partial charge is 0.339 e. The summed E-state index contributed by atoms with van der Waals surface area (Å²) in [6.07, 6.45) is 0.322. The lowest BCUT2D eigenvalue weighted by atomic mass is 10.1. The van der Waals surface area contributed by atoms with Crippen molar-refractivity contribution in [2.45, 2.75) is 19.3 Å². The van der Waals surface area contributed by atoms with Crippen molar-refractivity contribution in [3.63, 3.8) is 0 Å². The first-order valence-corrected chi connectivity index (χ1v) is 8.93. The van der Waals surface area contributed by atoms with Crippen LogP contribution in [0.25, 0.3) is 11.4 Å². The topological polar surface area (TPSA) is 59.2 Å². The molecule has 0 spiro atoms. The highest BCUT2D eigenvalue weighted by molar-refractivity contribution is 6.31. The molecule has 7 heteroatoms. The van der Waals surface area contributed by atoms with Gasteiger partial charge in [0, 0.05) is 34.3 Å².